The smallest absolute Gasteiger partial charge is 0.216 e. The first kappa shape index (κ1) is 13.2. The Morgan fingerprint density at radius 3 is 2.75 bits per heavy atom. The van der Waals surface area contributed by atoms with Crippen molar-refractivity contribution in [3.8, 4) is 0 Å². The number of aryl methyl sites for hydroxylation is 1. The summed E-state index contributed by atoms with van der Waals surface area (Å²) in [5.41, 5.74) is 0. The number of carbonyl (C=O) groups excluding carboxylic acids is 1. The van der Waals surface area contributed by atoms with Crippen molar-refractivity contribution in [3.63, 3.8) is 0 Å². The van der Waals surface area contributed by atoms with E-state index >= 15 is 0 Å². The van der Waals surface area contributed by atoms with Gasteiger partial charge in [0.2, 0.25) is 5.91 Å². The van der Waals surface area contributed by atoms with Gasteiger partial charge in [0.05, 0.1) is 0 Å². The lowest BCUT2D eigenvalue weighted by atomic mass is 10.2. The molecule has 3 nitrogen and oxygen atoms in total. The predicted molar refractivity (Wildman–Crippen MR) is 68.9 cm³/mol. The third-order valence-electron chi connectivity index (χ3n) is 2.30. The molecular formula is C12H20N2OS. The Labute approximate surface area is 101 Å². The molecule has 1 amide bonds. The van der Waals surface area contributed by atoms with Gasteiger partial charge < -0.3 is 10.6 Å². The Balaban J connectivity index is 2.16. The normalized spacial score (nSPS) is 12.4. The molecule has 1 aromatic heterocycles. The lowest BCUT2D eigenvalue weighted by Crippen LogP contribution is -2.35. The maximum absolute atomic E-state index is 10.6. The molecule has 0 bridgehead atoms. The molecule has 0 spiro atoms. The molecule has 0 aliphatic carbocycles. The molecule has 90 valence electrons. The van der Waals surface area contributed by atoms with Crippen LogP contribution in [0.5, 0.6) is 0 Å². The fraction of sp³-hybridized carbons (Fsp3) is 0.583. The van der Waals surface area contributed by atoms with Gasteiger partial charge in [-0.2, -0.15) is 0 Å². The molecule has 0 aliphatic heterocycles. The number of nitrogens with one attached hydrogen (secondary N) is 2. The predicted octanol–water partition coefficient (Wildman–Crippen LogP) is 1.71. The lowest BCUT2D eigenvalue weighted by Gasteiger charge is -2.12. The van der Waals surface area contributed by atoms with Gasteiger partial charge >= 0.3 is 0 Å². The van der Waals surface area contributed by atoms with Crippen LogP contribution in [0, 0.1) is 6.92 Å². The van der Waals surface area contributed by atoms with Crippen molar-refractivity contribution < 1.29 is 4.79 Å². The first-order valence-corrected chi connectivity index (χ1v) is 6.42. The van der Waals surface area contributed by atoms with Gasteiger partial charge in [0.1, 0.15) is 0 Å². The molecule has 4 heteroatoms. The minimum absolute atomic E-state index is 0.0309. The zero-order valence-corrected chi connectivity index (χ0v) is 11.0. The summed E-state index contributed by atoms with van der Waals surface area (Å²) < 4.78 is 0. The summed E-state index contributed by atoms with van der Waals surface area (Å²) in [4.78, 5) is 13.4. The Morgan fingerprint density at radius 2 is 2.19 bits per heavy atom. The quantitative estimate of drug-likeness (QED) is 0.743. The number of hydrogen-bond acceptors (Lipinski definition) is 3. The third kappa shape index (κ3) is 5.28. The number of amides is 1. The minimum atomic E-state index is 0.0309. The van der Waals surface area contributed by atoms with Crippen LogP contribution in [0.2, 0.25) is 0 Å². The Bertz CT molecular complexity index is 336. The van der Waals surface area contributed by atoms with Crippen LogP contribution >= 0.6 is 11.3 Å². The van der Waals surface area contributed by atoms with Crippen molar-refractivity contribution in [2.24, 2.45) is 0 Å². The van der Waals surface area contributed by atoms with Crippen LogP contribution in [0.4, 0.5) is 0 Å². The maximum Gasteiger partial charge on any atom is 0.216 e. The average Bonchev–Trinajstić information content (AvgIpc) is 2.58. The highest BCUT2D eigenvalue weighted by molar-refractivity contribution is 7.11. The Hall–Kier alpha value is -0.870. The first-order chi connectivity index (χ1) is 7.58. The lowest BCUT2D eigenvalue weighted by molar-refractivity contribution is -0.118. The van der Waals surface area contributed by atoms with Crippen LogP contribution in [-0.4, -0.2) is 25.0 Å². The van der Waals surface area contributed by atoms with E-state index in [1.54, 1.807) is 0 Å². The molecule has 16 heavy (non-hydrogen) atoms. The molecule has 2 N–H and O–H groups in total. The van der Waals surface area contributed by atoms with Crippen LogP contribution in [0.3, 0.4) is 0 Å². The van der Waals surface area contributed by atoms with E-state index in [0.29, 0.717) is 12.6 Å². The van der Waals surface area contributed by atoms with Crippen LogP contribution in [-0.2, 0) is 11.2 Å². The monoisotopic (exact) mass is 240 g/mol. The Kier molecular flexibility index (Phi) is 5.49. The highest BCUT2D eigenvalue weighted by Crippen LogP contribution is 2.16. The largest absolute Gasteiger partial charge is 0.355 e. The number of hydrogen-bond donors (Lipinski definition) is 2. The summed E-state index contributed by atoms with van der Waals surface area (Å²) in [6.45, 7) is 7.36. The van der Waals surface area contributed by atoms with Crippen LogP contribution < -0.4 is 10.6 Å². The molecule has 1 rings (SSSR count). The number of rotatable bonds is 6. The van der Waals surface area contributed by atoms with Gasteiger partial charge in [0.25, 0.3) is 0 Å². The van der Waals surface area contributed by atoms with Gasteiger partial charge in [-0.15, -0.1) is 11.3 Å². The average molecular weight is 240 g/mol. The summed E-state index contributed by atoms with van der Waals surface area (Å²) in [7, 11) is 0. The Morgan fingerprint density at radius 1 is 1.44 bits per heavy atom. The molecule has 0 aromatic carbocycles. The molecule has 0 aliphatic rings. The van der Waals surface area contributed by atoms with E-state index in [2.05, 4.69) is 36.6 Å². The molecule has 0 radical (unpaired) electrons. The summed E-state index contributed by atoms with van der Waals surface area (Å²) >= 11 is 1.85. The summed E-state index contributed by atoms with van der Waals surface area (Å²) in [5.74, 6) is 0.0309. The fourth-order valence-electron chi connectivity index (χ4n) is 1.53. The molecule has 1 heterocycles. The van der Waals surface area contributed by atoms with E-state index in [1.807, 2.05) is 11.3 Å². The standard InChI is InChI=1S/C12H20N2OS/c1-9(13-6-7-14-11(3)15)8-12-5-4-10(2)16-12/h4-5,9,13H,6-8H2,1-3H3,(H,14,15). The van der Waals surface area contributed by atoms with E-state index in [9.17, 15) is 4.79 Å². The highest BCUT2D eigenvalue weighted by Gasteiger charge is 2.04. The molecule has 1 atom stereocenters. The SMILES string of the molecule is CC(=O)NCCNC(C)Cc1ccc(C)s1. The van der Waals surface area contributed by atoms with Crippen molar-refractivity contribution in [3.05, 3.63) is 21.9 Å². The van der Waals surface area contributed by atoms with Gasteiger partial charge in [-0.25, -0.2) is 0 Å². The zero-order chi connectivity index (χ0) is 12.0. The number of carbonyl (C=O) groups is 1. The van der Waals surface area contributed by atoms with Crippen molar-refractivity contribution >= 4 is 17.2 Å². The molecular weight excluding hydrogens is 220 g/mol. The van der Waals surface area contributed by atoms with E-state index in [-0.39, 0.29) is 5.91 Å². The molecule has 0 saturated heterocycles. The van der Waals surface area contributed by atoms with Crippen LogP contribution in [0.25, 0.3) is 0 Å². The second-order valence-electron chi connectivity index (χ2n) is 4.05. The van der Waals surface area contributed by atoms with E-state index < -0.39 is 0 Å². The summed E-state index contributed by atoms with van der Waals surface area (Å²) in [6.07, 6.45) is 1.05. The second kappa shape index (κ2) is 6.66. The third-order valence-corrected chi connectivity index (χ3v) is 3.32. The van der Waals surface area contributed by atoms with Crippen molar-refractivity contribution in [2.45, 2.75) is 33.2 Å². The number of thiophene rings is 1. The van der Waals surface area contributed by atoms with Crippen LogP contribution in [0.1, 0.15) is 23.6 Å². The van der Waals surface area contributed by atoms with Crippen molar-refractivity contribution in [2.75, 3.05) is 13.1 Å². The molecule has 0 fully saturated rings. The van der Waals surface area contributed by atoms with E-state index in [1.165, 1.54) is 16.7 Å². The molecule has 1 unspecified atom stereocenters. The highest BCUT2D eigenvalue weighted by atomic mass is 32.1. The maximum atomic E-state index is 10.6. The van der Waals surface area contributed by atoms with Gasteiger partial charge in [-0.05, 0) is 32.4 Å². The van der Waals surface area contributed by atoms with E-state index in [0.717, 1.165) is 13.0 Å². The minimum Gasteiger partial charge on any atom is -0.355 e. The second-order valence-corrected chi connectivity index (χ2v) is 5.43. The van der Waals surface area contributed by atoms with Gasteiger partial charge in [0, 0.05) is 35.8 Å². The molecule has 0 saturated carbocycles. The van der Waals surface area contributed by atoms with Gasteiger partial charge in [0.15, 0.2) is 0 Å². The molecule has 1 aromatic rings. The zero-order valence-electron chi connectivity index (χ0n) is 10.2. The summed E-state index contributed by atoms with van der Waals surface area (Å²) in [5, 5.41) is 6.16. The van der Waals surface area contributed by atoms with Crippen molar-refractivity contribution in [1.29, 1.82) is 0 Å². The topological polar surface area (TPSA) is 41.1 Å². The summed E-state index contributed by atoms with van der Waals surface area (Å²) in [6, 6.07) is 4.79. The van der Waals surface area contributed by atoms with Gasteiger partial charge in [-0.3, -0.25) is 4.79 Å². The van der Waals surface area contributed by atoms with E-state index in [4.69, 9.17) is 0 Å². The van der Waals surface area contributed by atoms with Gasteiger partial charge in [-0.1, -0.05) is 0 Å². The van der Waals surface area contributed by atoms with Crippen molar-refractivity contribution in [1.82, 2.24) is 10.6 Å². The first-order valence-electron chi connectivity index (χ1n) is 5.61. The fourth-order valence-corrected chi connectivity index (χ4v) is 2.54. The van der Waals surface area contributed by atoms with Crippen LogP contribution in [0.15, 0.2) is 12.1 Å².